The highest BCUT2D eigenvalue weighted by atomic mass is 19.4. The van der Waals surface area contributed by atoms with Crippen LogP contribution in [0.5, 0.6) is 0 Å². The zero-order valence-corrected chi connectivity index (χ0v) is 19.2. The molecule has 2 heterocycles. The van der Waals surface area contributed by atoms with Crippen molar-refractivity contribution in [2.45, 2.75) is 50.2 Å². The Hall–Kier alpha value is -2.92. The van der Waals surface area contributed by atoms with Crippen molar-refractivity contribution in [3.05, 3.63) is 70.8 Å². The highest BCUT2D eigenvalue weighted by Crippen LogP contribution is 2.43. The van der Waals surface area contributed by atoms with Crippen molar-refractivity contribution in [2.24, 2.45) is 5.41 Å². The van der Waals surface area contributed by atoms with E-state index in [1.165, 1.54) is 6.92 Å². The van der Waals surface area contributed by atoms with Gasteiger partial charge in [-0.15, -0.1) is 0 Å². The van der Waals surface area contributed by atoms with Gasteiger partial charge in [-0.3, -0.25) is 14.9 Å². The number of hydrogen-bond acceptors (Lipinski definition) is 4. The number of carbonyl (C=O) groups excluding carboxylic acids is 2. The third-order valence-electron chi connectivity index (χ3n) is 7.01. The molecule has 2 N–H and O–H groups in total. The van der Waals surface area contributed by atoms with E-state index in [0.717, 1.165) is 5.56 Å². The highest BCUT2D eigenvalue weighted by molar-refractivity contribution is 6.06. The molecule has 2 aliphatic heterocycles. The minimum atomic E-state index is -4.96. The van der Waals surface area contributed by atoms with Crippen molar-refractivity contribution < 1.29 is 40.7 Å². The van der Waals surface area contributed by atoms with Crippen LogP contribution in [0.1, 0.15) is 54.5 Å². The number of benzene rings is 2. The number of ether oxygens (including phenoxy) is 1. The molecule has 2 aromatic carbocycles. The summed E-state index contributed by atoms with van der Waals surface area (Å²) in [5, 5.41) is 5.63. The number of halogens is 6. The molecule has 2 aliphatic rings. The summed E-state index contributed by atoms with van der Waals surface area (Å²) < 4.78 is 85.6. The molecule has 11 heteroatoms. The van der Waals surface area contributed by atoms with Crippen molar-refractivity contribution in [1.29, 1.82) is 0 Å². The Morgan fingerprint density at radius 2 is 1.56 bits per heavy atom. The van der Waals surface area contributed by atoms with Gasteiger partial charge in [-0.2, -0.15) is 26.3 Å². The Morgan fingerprint density at radius 3 is 2.03 bits per heavy atom. The summed E-state index contributed by atoms with van der Waals surface area (Å²) >= 11 is 0. The first kappa shape index (κ1) is 26.2. The van der Waals surface area contributed by atoms with Crippen LogP contribution in [0.4, 0.5) is 26.3 Å². The summed E-state index contributed by atoms with van der Waals surface area (Å²) in [4.78, 5) is 24.2. The van der Waals surface area contributed by atoms with Crippen LogP contribution in [0, 0.1) is 5.41 Å². The summed E-state index contributed by atoms with van der Waals surface area (Å²) in [6.07, 6.45) is -10.2. The molecule has 0 radical (unpaired) electrons. The number of nitrogens with one attached hydrogen (secondary N) is 2. The van der Waals surface area contributed by atoms with E-state index < -0.39 is 40.5 Å². The molecule has 5 nitrogen and oxygen atoms in total. The fraction of sp³-hybridized carbons (Fsp3) is 0.440. The standard InChI is InChI=1S/C25H24F6N2O3/c1-15(16-9-18(24(26,27)28)11-19(10-16)25(29,30)31)36-14-23(17-5-3-2-4-6-17)8-7-22(13-32-23)12-20(34)33-21(22)35/h2-6,9-11,15,32H,7-8,12-14H2,1H3,(H,33,34,35)/t15-,22?,23-/m1/s1. The third kappa shape index (κ3) is 5.12. The average molecular weight is 514 g/mol. The van der Waals surface area contributed by atoms with Crippen molar-refractivity contribution in [3.63, 3.8) is 0 Å². The van der Waals surface area contributed by atoms with Gasteiger partial charge >= 0.3 is 12.4 Å². The summed E-state index contributed by atoms with van der Waals surface area (Å²) in [5.74, 6) is -0.719. The van der Waals surface area contributed by atoms with E-state index in [9.17, 15) is 35.9 Å². The largest absolute Gasteiger partial charge is 0.416 e. The van der Waals surface area contributed by atoms with Gasteiger partial charge in [0.15, 0.2) is 0 Å². The van der Waals surface area contributed by atoms with Gasteiger partial charge in [0, 0.05) is 13.0 Å². The molecule has 2 fully saturated rings. The monoisotopic (exact) mass is 514 g/mol. The van der Waals surface area contributed by atoms with Crippen molar-refractivity contribution >= 4 is 11.8 Å². The van der Waals surface area contributed by atoms with Gasteiger partial charge in [0.1, 0.15) is 0 Å². The molecule has 1 unspecified atom stereocenters. The van der Waals surface area contributed by atoms with Crippen molar-refractivity contribution in [3.8, 4) is 0 Å². The van der Waals surface area contributed by atoms with E-state index in [0.29, 0.717) is 25.0 Å². The molecule has 4 rings (SSSR count). The van der Waals surface area contributed by atoms with Gasteiger partial charge in [0.25, 0.3) is 0 Å². The number of amides is 2. The van der Waals surface area contributed by atoms with E-state index in [1.807, 2.05) is 12.1 Å². The second kappa shape index (κ2) is 9.19. The quantitative estimate of drug-likeness (QED) is 0.430. The maximum Gasteiger partial charge on any atom is 0.416 e. The molecular weight excluding hydrogens is 490 g/mol. The average Bonchev–Trinajstić information content (AvgIpc) is 3.10. The predicted molar refractivity (Wildman–Crippen MR) is 116 cm³/mol. The second-order valence-electron chi connectivity index (χ2n) is 9.43. The molecule has 2 aromatic rings. The maximum atomic E-state index is 13.3. The Labute approximate surface area is 203 Å². The summed E-state index contributed by atoms with van der Waals surface area (Å²) in [7, 11) is 0. The molecule has 2 amide bonds. The van der Waals surface area contributed by atoms with Crippen molar-refractivity contribution in [1.82, 2.24) is 10.6 Å². The number of imide groups is 1. The lowest BCUT2D eigenvalue weighted by molar-refractivity contribution is -0.143. The van der Waals surface area contributed by atoms with Crippen LogP contribution in [-0.2, 0) is 32.2 Å². The Morgan fingerprint density at radius 1 is 0.944 bits per heavy atom. The third-order valence-corrected chi connectivity index (χ3v) is 7.01. The summed E-state index contributed by atoms with van der Waals surface area (Å²) in [5.41, 5.74) is -4.04. The van der Waals surface area contributed by atoms with Crippen LogP contribution in [0.25, 0.3) is 0 Å². The second-order valence-corrected chi connectivity index (χ2v) is 9.43. The molecular formula is C25H24F6N2O3. The van der Waals surface area contributed by atoms with Crippen LogP contribution >= 0.6 is 0 Å². The van der Waals surface area contributed by atoms with Gasteiger partial charge in [0.05, 0.1) is 34.8 Å². The minimum Gasteiger partial charge on any atom is -0.372 e. The molecule has 194 valence electrons. The lowest BCUT2D eigenvalue weighted by Crippen LogP contribution is -2.57. The predicted octanol–water partition coefficient (Wildman–Crippen LogP) is 5.11. The lowest BCUT2D eigenvalue weighted by atomic mass is 9.71. The molecule has 0 bridgehead atoms. The van der Waals surface area contributed by atoms with E-state index in [2.05, 4.69) is 10.6 Å². The zero-order valence-electron chi connectivity index (χ0n) is 19.2. The van der Waals surface area contributed by atoms with Gasteiger partial charge in [0.2, 0.25) is 11.8 Å². The smallest absolute Gasteiger partial charge is 0.372 e. The fourth-order valence-corrected chi connectivity index (χ4v) is 4.79. The van der Waals surface area contributed by atoms with Crippen LogP contribution < -0.4 is 10.6 Å². The van der Waals surface area contributed by atoms with Crippen LogP contribution in [-0.4, -0.2) is 25.0 Å². The van der Waals surface area contributed by atoms with Gasteiger partial charge in [-0.1, -0.05) is 30.3 Å². The van der Waals surface area contributed by atoms with Crippen LogP contribution in [0.3, 0.4) is 0 Å². The molecule has 0 saturated carbocycles. The Bertz CT molecular complexity index is 1110. The first-order chi connectivity index (χ1) is 16.7. The van der Waals surface area contributed by atoms with E-state index in [1.54, 1.807) is 18.2 Å². The number of carbonyl (C=O) groups is 2. The molecule has 36 heavy (non-hydrogen) atoms. The van der Waals surface area contributed by atoms with E-state index in [4.69, 9.17) is 4.74 Å². The molecule has 1 spiro atoms. The highest BCUT2D eigenvalue weighted by Gasteiger charge is 2.52. The molecule has 0 aromatic heterocycles. The minimum absolute atomic E-state index is 0.0470. The Balaban J connectivity index is 1.59. The van der Waals surface area contributed by atoms with E-state index in [-0.39, 0.29) is 43.0 Å². The summed E-state index contributed by atoms with van der Waals surface area (Å²) in [6.45, 7) is 1.47. The topological polar surface area (TPSA) is 67.4 Å². The van der Waals surface area contributed by atoms with Gasteiger partial charge in [-0.05, 0) is 49.1 Å². The van der Waals surface area contributed by atoms with Gasteiger partial charge in [-0.25, -0.2) is 0 Å². The first-order valence-corrected chi connectivity index (χ1v) is 11.3. The van der Waals surface area contributed by atoms with Crippen LogP contribution in [0.15, 0.2) is 48.5 Å². The molecule has 3 atom stereocenters. The fourth-order valence-electron chi connectivity index (χ4n) is 4.79. The first-order valence-electron chi connectivity index (χ1n) is 11.3. The van der Waals surface area contributed by atoms with Crippen LogP contribution in [0.2, 0.25) is 0 Å². The lowest BCUT2D eigenvalue weighted by Gasteiger charge is -2.45. The summed E-state index contributed by atoms with van der Waals surface area (Å²) in [6, 6.07) is 10.4. The normalized spacial score (nSPS) is 25.8. The Kier molecular flexibility index (Phi) is 6.67. The zero-order chi connectivity index (χ0) is 26.4. The van der Waals surface area contributed by atoms with Gasteiger partial charge < -0.3 is 10.1 Å². The van der Waals surface area contributed by atoms with E-state index >= 15 is 0 Å². The number of piperidine rings is 1. The number of rotatable bonds is 5. The number of alkyl halides is 6. The molecule has 2 saturated heterocycles. The SMILES string of the molecule is C[C@@H](OC[C@@]1(c2ccccc2)CCC2(CN1)CC(=O)NC2=O)c1cc(C(F)(F)F)cc(C(F)(F)F)c1. The maximum absolute atomic E-state index is 13.3. The number of hydrogen-bond donors (Lipinski definition) is 2. The molecule has 0 aliphatic carbocycles. The van der Waals surface area contributed by atoms with Crippen molar-refractivity contribution in [2.75, 3.05) is 13.2 Å².